The predicted octanol–water partition coefficient (Wildman–Crippen LogP) is 3.21. The van der Waals surface area contributed by atoms with Crippen molar-refractivity contribution in [3.8, 4) is 5.75 Å². The highest BCUT2D eigenvalue weighted by Gasteiger charge is 2.46. The number of hydrogen-bond acceptors (Lipinski definition) is 5. The van der Waals surface area contributed by atoms with Crippen LogP contribution in [-0.4, -0.2) is 41.3 Å². The number of carbonyl (C=O) groups is 2. The second-order valence-electron chi connectivity index (χ2n) is 6.86. The fourth-order valence-electron chi connectivity index (χ4n) is 3.50. The maximum absolute atomic E-state index is 14.2. The number of hydrogen-bond donors (Lipinski definition) is 2. The monoisotopic (exact) mass is 406 g/mol. The van der Waals surface area contributed by atoms with Gasteiger partial charge in [-0.3, -0.25) is 4.79 Å². The number of carboxylic acids is 1. The van der Waals surface area contributed by atoms with Crippen molar-refractivity contribution in [1.29, 1.82) is 0 Å². The minimum Gasteiger partial charge on any atom is -0.493 e. The van der Waals surface area contributed by atoms with E-state index >= 15 is 0 Å². The van der Waals surface area contributed by atoms with Gasteiger partial charge in [0.1, 0.15) is 11.8 Å². The van der Waals surface area contributed by atoms with Crippen LogP contribution >= 0.6 is 0 Å². The highest BCUT2D eigenvalue weighted by molar-refractivity contribution is 5.95. The summed E-state index contributed by atoms with van der Waals surface area (Å²) in [5, 5.41) is 11.5. The molecule has 1 aliphatic heterocycles. The van der Waals surface area contributed by atoms with E-state index in [0.29, 0.717) is 5.56 Å². The molecule has 4 atom stereocenters. The van der Waals surface area contributed by atoms with Crippen molar-refractivity contribution in [3.63, 3.8) is 0 Å². The first kappa shape index (κ1) is 20.7. The Kier molecular flexibility index (Phi) is 5.78. The van der Waals surface area contributed by atoms with Crippen LogP contribution in [0.15, 0.2) is 30.5 Å². The van der Waals surface area contributed by atoms with Gasteiger partial charge in [-0.15, -0.1) is 0 Å². The second-order valence-corrected chi connectivity index (χ2v) is 6.86. The Labute approximate surface area is 165 Å². The van der Waals surface area contributed by atoms with Crippen molar-refractivity contribution in [2.24, 2.45) is 5.92 Å². The van der Waals surface area contributed by atoms with Gasteiger partial charge in [-0.25, -0.2) is 14.2 Å². The van der Waals surface area contributed by atoms with Crippen LogP contribution in [0.2, 0.25) is 0 Å². The van der Waals surface area contributed by atoms with Crippen molar-refractivity contribution in [2.75, 3.05) is 12.4 Å². The Morgan fingerprint density at radius 3 is 2.52 bits per heavy atom. The number of ether oxygens (including phenoxy) is 2. The van der Waals surface area contributed by atoms with Gasteiger partial charge in [0.25, 0.3) is 5.91 Å². The lowest BCUT2D eigenvalue weighted by Crippen LogP contribution is -2.33. The molecule has 2 aromatic rings. The third-order valence-corrected chi connectivity index (χ3v) is 5.15. The average molecular weight is 406 g/mol. The molecule has 0 spiro atoms. The number of carboxylic acid groups (broad SMARTS) is 1. The minimum atomic E-state index is -1.19. The first-order chi connectivity index (χ1) is 13.7. The summed E-state index contributed by atoms with van der Waals surface area (Å²) in [6.07, 6.45) is -0.0879. The van der Waals surface area contributed by atoms with Crippen molar-refractivity contribution < 1.29 is 33.0 Å². The van der Waals surface area contributed by atoms with E-state index < -0.39 is 35.5 Å². The Balaban J connectivity index is 1.90. The summed E-state index contributed by atoms with van der Waals surface area (Å²) in [6, 6.07) is 5.05. The normalized spacial score (nSPS) is 23.6. The molecule has 1 aliphatic rings. The maximum atomic E-state index is 14.2. The quantitative estimate of drug-likeness (QED) is 0.791. The maximum Gasteiger partial charge on any atom is 0.354 e. The van der Waals surface area contributed by atoms with Crippen LogP contribution in [0, 0.1) is 17.6 Å². The molecule has 1 aromatic carbocycles. The lowest BCUT2D eigenvalue weighted by Gasteiger charge is -2.23. The van der Waals surface area contributed by atoms with Crippen LogP contribution in [0.25, 0.3) is 0 Å². The lowest BCUT2D eigenvalue weighted by molar-refractivity contribution is -0.127. The molecule has 154 valence electrons. The van der Waals surface area contributed by atoms with E-state index in [-0.39, 0.29) is 29.2 Å². The lowest BCUT2D eigenvalue weighted by atomic mass is 9.82. The second kappa shape index (κ2) is 8.12. The highest BCUT2D eigenvalue weighted by atomic mass is 19.2. The fourth-order valence-corrected chi connectivity index (χ4v) is 3.50. The van der Waals surface area contributed by atoms with Crippen molar-refractivity contribution >= 4 is 17.6 Å². The third kappa shape index (κ3) is 3.91. The molecule has 0 aliphatic carbocycles. The molecular weight excluding hydrogens is 386 g/mol. The number of benzene rings is 1. The standard InChI is InChI=1S/C20H20F2N2O5/c1-9-10(2)29-18(15(9)12-5-6-13(21)16(22)17(12)28-3)19(25)24-11-4-7-14(20(26)27)23-8-11/h4-10,15,18H,1-3H3,(H,24,25)(H,26,27)/t9-,10-,15+,18-/m1/s1. The van der Waals surface area contributed by atoms with Gasteiger partial charge in [0.05, 0.1) is 25.1 Å². The number of pyridine rings is 1. The molecule has 3 rings (SSSR count). The van der Waals surface area contributed by atoms with E-state index in [4.69, 9.17) is 14.6 Å². The van der Waals surface area contributed by atoms with Crippen molar-refractivity contribution in [1.82, 2.24) is 4.98 Å². The van der Waals surface area contributed by atoms with Crippen LogP contribution in [0.1, 0.15) is 35.8 Å². The van der Waals surface area contributed by atoms with E-state index in [1.807, 2.05) is 6.92 Å². The zero-order valence-electron chi connectivity index (χ0n) is 16.0. The smallest absolute Gasteiger partial charge is 0.354 e. The summed E-state index contributed by atoms with van der Waals surface area (Å²) in [5.74, 6) is -4.89. The molecule has 0 unspecified atom stereocenters. The number of nitrogens with one attached hydrogen (secondary N) is 1. The van der Waals surface area contributed by atoms with Crippen LogP contribution in [0.4, 0.5) is 14.5 Å². The van der Waals surface area contributed by atoms with Crippen LogP contribution in [0.3, 0.4) is 0 Å². The average Bonchev–Trinajstić information content (AvgIpc) is 2.99. The molecule has 1 amide bonds. The molecule has 0 radical (unpaired) electrons. The zero-order valence-corrected chi connectivity index (χ0v) is 16.0. The topological polar surface area (TPSA) is 97.8 Å². The Bertz CT molecular complexity index is 935. The molecule has 7 nitrogen and oxygen atoms in total. The molecule has 1 aromatic heterocycles. The summed E-state index contributed by atoms with van der Waals surface area (Å²) in [5.41, 5.74) is 0.460. The Morgan fingerprint density at radius 2 is 1.93 bits per heavy atom. The summed E-state index contributed by atoms with van der Waals surface area (Å²) in [6.45, 7) is 3.65. The van der Waals surface area contributed by atoms with Gasteiger partial charge in [-0.05, 0) is 31.0 Å². The van der Waals surface area contributed by atoms with Gasteiger partial charge in [-0.1, -0.05) is 13.0 Å². The van der Waals surface area contributed by atoms with E-state index in [9.17, 15) is 18.4 Å². The number of halogens is 2. The first-order valence-corrected chi connectivity index (χ1v) is 8.92. The Morgan fingerprint density at radius 1 is 1.21 bits per heavy atom. The number of amides is 1. The van der Waals surface area contributed by atoms with E-state index in [0.717, 1.165) is 6.07 Å². The SMILES string of the molecule is COc1c([C@@H]2[C@H](C)[C@@H](C)O[C@H]2C(=O)Nc2ccc(C(=O)O)nc2)ccc(F)c1F. The van der Waals surface area contributed by atoms with E-state index in [1.165, 1.54) is 31.5 Å². The largest absolute Gasteiger partial charge is 0.493 e. The van der Waals surface area contributed by atoms with Crippen molar-refractivity contribution in [2.45, 2.75) is 32.0 Å². The predicted molar refractivity (Wildman–Crippen MR) is 99.0 cm³/mol. The minimum absolute atomic E-state index is 0.160. The van der Waals surface area contributed by atoms with Crippen LogP contribution < -0.4 is 10.1 Å². The van der Waals surface area contributed by atoms with Crippen LogP contribution in [0.5, 0.6) is 5.75 Å². The van der Waals surface area contributed by atoms with Crippen molar-refractivity contribution in [3.05, 3.63) is 53.4 Å². The summed E-state index contributed by atoms with van der Waals surface area (Å²) >= 11 is 0. The Hall–Kier alpha value is -3.07. The molecular formula is C20H20F2N2O5. The molecule has 9 heteroatoms. The van der Waals surface area contributed by atoms with Gasteiger partial charge in [0.2, 0.25) is 5.82 Å². The fraction of sp³-hybridized carbons (Fsp3) is 0.350. The van der Waals surface area contributed by atoms with E-state index in [1.54, 1.807) is 6.92 Å². The van der Waals surface area contributed by atoms with Crippen LogP contribution in [-0.2, 0) is 9.53 Å². The molecule has 29 heavy (non-hydrogen) atoms. The van der Waals surface area contributed by atoms with Gasteiger partial charge in [-0.2, -0.15) is 4.39 Å². The van der Waals surface area contributed by atoms with Gasteiger partial charge >= 0.3 is 5.97 Å². The number of aromatic nitrogens is 1. The number of anilines is 1. The summed E-state index contributed by atoms with van der Waals surface area (Å²) < 4.78 is 38.7. The molecule has 1 fully saturated rings. The van der Waals surface area contributed by atoms with Gasteiger partial charge in [0.15, 0.2) is 11.6 Å². The summed E-state index contributed by atoms with van der Waals surface area (Å²) in [7, 11) is 1.23. The molecule has 0 bridgehead atoms. The first-order valence-electron chi connectivity index (χ1n) is 8.92. The highest BCUT2D eigenvalue weighted by Crippen LogP contribution is 2.44. The molecule has 1 saturated heterocycles. The molecule has 0 saturated carbocycles. The number of aromatic carboxylic acids is 1. The third-order valence-electron chi connectivity index (χ3n) is 5.15. The van der Waals surface area contributed by atoms with Gasteiger partial charge in [0, 0.05) is 11.5 Å². The number of nitrogens with zero attached hydrogens (tertiary/aromatic N) is 1. The van der Waals surface area contributed by atoms with Gasteiger partial charge < -0.3 is 19.9 Å². The number of carbonyl (C=O) groups excluding carboxylic acids is 1. The summed E-state index contributed by atoms with van der Waals surface area (Å²) in [4.78, 5) is 27.5. The number of rotatable bonds is 5. The zero-order chi connectivity index (χ0) is 21.3. The number of methoxy groups -OCH3 is 1. The molecule has 2 N–H and O–H groups in total. The van der Waals surface area contributed by atoms with E-state index in [2.05, 4.69) is 10.3 Å². The molecule has 2 heterocycles.